The van der Waals surface area contributed by atoms with E-state index in [1.165, 1.54) is 0 Å². The number of aromatic nitrogens is 1. The first-order valence-corrected chi connectivity index (χ1v) is 6.39. The zero-order valence-corrected chi connectivity index (χ0v) is 11.6. The summed E-state index contributed by atoms with van der Waals surface area (Å²) in [5, 5.41) is 3.99. The smallest absolute Gasteiger partial charge is 0.227 e. The first kappa shape index (κ1) is 13.1. The fraction of sp³-hybridized carbons (Fsp3) is 0.357. The number of hydrogen-bond donors (Lipinski definition) is 1. The normalized spacial score (nSPS) is 11.2. The predicted molar refractivity (Wildman–Crippen MR) is 73.7 cm³/mol. The highest BCUT2D eigenvalue weighted by Crippen LogP contribution is 2.29. The van der Waals surface area contributed by atoms with Gasteiger partial charge in [0.2, 0.25) is 5.89 Å². The number of halogens is 1. The molecule has 0 saturated heterocycles. The summed E-state index contributed by atoms with van der Waals surface area (Å²) < 4.78 is 5.48. The fourth-order valence-electron chi connectivity index (χ4n) is 1.63. The molecule has 0 bridgehead atoms. The van der Waals surface area contributed by atoms with Gasteiger partial charge in [0.15, 0.2) is 0 Å². The van der Waals surface area contributed by atoms with Gasteiger partial charge in [-0.25, -0.2) is 4.98 Å². The molecule has 0 amide bonds. The van der Waals surface area contributed by atoms with Crippen LogP contribution in [0.1, 0.15) is 25.1 Å². The van der Waals surface area contributed by atoms with E-state index in [0.29, 0.717) is 23.5 Å². The van der Waals surface area contributed by atoms with Gasteiger partial charge in [0.05, 0.1) is 16.3 Å². The monoisotopic (exact) mass is 264 g/mol. The second-order valence-corrected chi connectivity index (χ2v) is 4.99. The third kappa shape index (κ3) is 2.92. The average Bonchev–Trinajstić information content (AvgIpc) is 2.78. The molecule has 3 nitrogen and oxygen atoms in total. The van der Waals surface area contributed by atoms with Gasteiger partial charge in [-0.05, 0) is 18.6 Å². The minimum Gasteiger partial charge on any atom is -0.444 e. The molecule has 1 aromatic heterocycles. The van der Waals surface area contributed by atoms with Crippen molar-refractivity contribution >= 4 is 11.6 Å². The van der Waals surface area contributed by atoms with Crippen molar-refractivity contribution < 1.29 is 4.42 Å². The molecule has 2 aromatic rings. The van der Waals surface area contributed by atoms with Crippen LogP contribution in [0, 0.1) is 6.92 Å². The second-order valence-electron chi connectivity index (χ2n) is 4.62. The maximum Gasteiger partial charge on any atom is 0.227 e. The van der Waals surface area contributed by atoms with Crippen LogP contribution in [-0.2, 0) is 6.54 Å². The van der Waals surface area contributed by atoms with Gasteiger partial charge in [-0.2, -0.15) is 0 Å². The lowest BCUT2D eigenvalue weighted by molar-refractivity contribution is 0.560. The first-order valence-electron chi connectivity index (χ1n) is 6.01. The Hall–Kier alpha value is -1.32. The van der Waals surface area contributed by atoms with E-state index in [0.717, 1.165) is 16.8 Å². The Kier molecular flexibility index (Phi) is 4.04. The Morgan fingerprint density at radius 1 is 1.39 bits per heavy atom. The molecule has 0 fully saturated rings. The molecule has 96 valence electrons. The lowest BCUT2D eigenvalue weighted by Crippen LogP contribution is -2.21. The van der Waals surface area contributed by atoms with Crippen LogP contribution in [0.15, 0.2) is 28.9 Å². The van der Waals surface area contributed by atoms with Crippen LogP contribution in [0.3, 0.4) is 0 Å². The van der Waals surface area contributed by atoms with Crippen molar-refractivity contribution in [2.45, 2.75) is 33.4 Å². The molecule has 1 N–H and O–H groups in total. The molecular formula is C14H17ClN2O. The SMILES string of the molecule is Cc1cccc(-c2nc(CNC(C)C)co2)c1Cl. The van der Waals surface area contributed by atoms with Crippen LogP contribution >= 0.6 is 11.6 Å². The zero-order valence-electron chi connectivity index (χ0n) is 10.8. The lowest BCUT2D eigenvalue weighted by atomic mass is 10.1. The average molecular weight is 265 g/mol. The van der Waals surface area contributed by atoms with Crippen molar-refractivity contribution in [1.29, 1.82) is 0 Å². The molecule has 0 atom stereocenters. The Morgan fingerprint density at radius 3 is 2.89 bits per heavy atom. The Morgan fingerprint density at radius 2 is 2.17 bits per heavy atom. The van der Waals surface area contributed by atoms with Gasteiger partial charge in [-0.1, -0.05) is 37.6 Å². The third-order valence-corrected chi connectivity index (χ3v) is 3.17. The summed E-state index contributed by atoms with van der Waals surface area (Å²) in [6.45, 7) is 6.86. The first-order chi connectivity index (χ1) is 8.58. The number of hydrogen-bond acceptors (Lipinski definition) is 3. The standard InChI is InChI=1S/C14H17ClN2O/c1-9(2)16-7-11-8-18-14(17-11)12-6-4-5-10(3)13(12)15/h4-6,8-9,16H,7H2,1-3H3. The Bertz CT molecular complexity index is 534. The van der Waals surface area contributed by atoms with Crippen LogP contribution in [-0.4, -0.2) is 11.0 Å². The molecular weight excluding hydrogens is 248 g/mol. The summed E-state index contributed by atoms with van der Waals surface area (Å²) in [4.78, 5) is 4.44. The van der Waals surface area contributed by atoms with Crippen LogP contribution < -0.4 is 5.32 Å². The number of nitrogens with zero attached hydrogens (tertiary/aromatic N) is 1. The minimum atomic E-state index is 0.424. The molecule has 1 aromatic carbocycles. The topological polar surface area (TPSA) is 38.1 Å². The Labute approximate surface area is 112 Å². The second kappa shape index (κ2) is 5.55. The maximum atomic E-state index is 6.25. The molecule has 0 unspecified atom stereocenters. The molecule has 0 saturated carbocycles. The molecule has 1 heterocycles. The molecule has 0 spiro atoms. The van der Waals surface area contributed by atoms with Crippen molar-refractivity contribution in [2.24, 2.45) is 0 Å². The maximum absolute atomic E-state index is 6.25. The van der Waals surface area contributed by atoms with Gasteiger partial charge < -0.3 is 9.73 Å². The molecule has 0 aliphatic heterocycles. The van der Waals surface area contributed by atoms with Crippen LogP contribution in [0.5, 0.6) is 0 Å². The molecule has 18 heavy (non-hydrogen) atoms. The van der Waals surface area contributed by atoms with Crippen molar-refractivity contribution in [3.05, 3.63) is 40.7 Å². The molecule has 0 aliphatic rings. The lowest BCUT2D eigenvalue weighted by Gasteiger charge is -2.04. The Balaban J connectivity index is 2.21. The third-order valence-electron chi connectivity index (χ3n) is 2.67. The van der Waals surface area contributed by atoms with Crippen LogP contribution in [0.2, 0.25) is 5.02 Å². The highest BCUT2D eigenvalue weighted by molar-refractivity contribution is 6.33. The highest BCUT2D eigenvalue weighted by atomic mass is 35.5. The van der Waals surface area contributed by atoms with Crippen molar-refractivity contribution in [2.75, 3.05) is 0 Å². The van der Waals surface area contributed by atoms with E-state index in [2.05, 4.69) is 24.1 Å². The molecule has 0 aliphatic carbocycles. The van der Waals surface area contributed by atoms with E-state index in [4.69, 9.17) is 16.0 Å². The van der Waals surface area contributed by atoms with Gasteiger partial charge >= 0.3 is 0 Å². The highest BCUT2D eigenvalue weighted by Gasteiger charge is 2.11. The van der Waals surface area contributed by atoms with Gasteiger partial charge in [-0.15, -0.1) is 0 Å². The van der Waals surface area contributed by atoms with Gasteiger partial charge in [-0.3, -0.25) is 0 Å². The number of benzene rings is 1. The number of rotatable bonds is 4. The van der Waals surface area contributed by atoms with Gasteiger partial charge in [0.25, 0.3) is 0 Å². The summed E-state index contributed by atoms with van der Waals surface area (Å²) in [6, 6.07) is 6.26. The van der Waals surface area contributed by atoms with E-state index in [1.807, 2.05) is 25.1 Å². The van der Waals surface area contributed by atoms with E-state index < -0.39 is 0 Å². The van der Waals surface area contributed by atoms with Crippen molar-refractivity contribution in [3.63, 3.8) is 0 Å². The van der Waals surface area contributed by atoms with Crippen LogP contribution in [0.4, 0.5) is 0 Å². The summed E-state index contributed by atoms with van der Waals surface area (Å²) in [5.41, 5.74) is 2.75. The van der Waals surface area contributed by atoms with E-state index >= 15 is 0 Å². The van der Waals surface area contributed by atoms with Crippen LogP contribution in [0.25, 0.3) is 11.5 Å². The summed E-state index contributed by atoms with van der Waals surface area (Å²) in [7, 11) is 0. The zero-order chi connectivity index (χ0) is 13.1. The number of nitrogens with one attached hydrogen (secondary N) is 1. The minimum absolute atomic E-state index is 0.424. The van der Waals surface area contributed by atoms with E-state index in [-0.39, 0.29) is 0 Å². The number of oxazole rings is 1. The molecule has 4 heteroatoms. The van der Waals surface area contributed by atoms with Gasteiger partial charge in [0.1, 0.15) is 6.26 Å². The predicted octanol–water partition coefficient (Wildman–Crippen LogP) is 3.80. The van der Waals surface area contributed by atoms with E-state index in [1.54, 1.807) is 6.26 Å². The fourth-order valence-corrected chi connectivity index (χ4v) is 1.84. The summed E-state index contributed by atoms with van der Waals surface area (Å²) in [6.07, 6.45) is 1.67. The number of aryl methyl sites for hydroxylation is 1. The van der Waals surface area contributed by atoms with E-state index in [9.17, 15) is 0 Å². The molecule has 0 radical (unpaired) electrons. The van der Waals surface area contributed by atoms with Gasteiger partial charge in [0, 0.05) is 12.6 Å². The summed E-state index contributed by atoms with van der Waals surface area (Å²) in [5.74, 6) is 0.573. The largest absolute Gasteiger partial charge is 0.444 e. The summed E-state index contributed by atoms with van der Waals surface area (Å²) >= 11 is 6.25. The quantitative estimate of drug-likeness (QED) is 0.913. The van der Waals surface area contributed by atoms with Crippen molar-refractivity contribution in [3.8, 4) is 11.5 Å². The molecule has 2 rings (SSSR count). The van der Waals surface area contributed by atoms with Crippen molar-refractivity contribution in [1.82, 2.24) is 10.3 Å².